The Labute approximate surface area is 75.2 Å². The van der Waals surface area contributed by atoms with Crippen LogP contribution in [0.4, 0.5) is 14.5 Å². The zero-order valence-corrected chi connectivity index (χ0v) is 7.06. The molecular formula is C9H11F2NO. The summed E-state index contributed by atoms with van der Waals surface area (Å²) in [5.41, 5.74) is 0.521. The van der Waals surface area contributed by atoms with Crippen molar-refractivity contribution in [1.82, 2.24) is 0 Å². The number of aliphatic hydroxyl groups excluding tert-OH is 1. The minimum absolute atomic E-state index is 0.0800. The lowest BCUT2D eigenvalue weighted by molar-refractivity contribution is 0.292. The second kappa shape index (κ2) is 4.77. The lowest BCUT2D eigenvalue weighted by atomic mass is 10.3. The average molecular weight is 187 g/mol. The van der Waals surface area contributed by atoms with Gasteiger partial charge in [-0.05, 0) is 24.6 Å². The molecule has 0 saturated carbocycles. The molecule has 2 nitrogen and oxygen atoms in total. The zero-order chi connectivity index (χ0) is 9.68. The summed E-state index contributed by atoms with van der Waals surface area (Å²) in [5.74, 6) is -1.72. The third-order valence-electron chi connectivity index (χ3n) is 1.58. The molecule has 1 aromatic rings. The Balaban J connectivity index is 2.53. The highest BCUT2D eigenvalue weighted by molar-refractivity contribution is 5.43. The first kappa shape index (κ1) is 9.92. The Morgan fingerprint density at radius 1 is 1.23 bits per heavy atom. The van der Waals surface area contributed by atoms with Crippen LogP contribution in [0.3, 0.4) is 0 Å². The molecule has 0 aromatic heterocycles. The van der Waals surface area contributed by atoms with E-state index in [4.69, 9.17) is 5.11 Å². The van der Waals surface area contributed by atoms with Gasteiger partial charge in [-0.3, -0.25) is 0 Å². The number of benzene rings is 1. The molecule has 1 rings (SSSR count). The number of hydrogen-bond donors (Lipinski definition) is 2. The molecule has 0 radical (unpaired) electrons. The molecule has 0 aliphatic heterocycles. The highest BCUT2D eigenvalue weighted by Gasteiger charge is 2.00. The first-order valence-corrected chi connectivity index (χ1v) is 4.04. The van der Waals surface area contributed by atoms with Gasteiger partial charge in [0, 0.05) is 18.8 Å². The van der Waals surface area contributed by atoms with Crippen molar-refractivity contribution in [2.75, 3.05) is 18.5 Å². The maximum atomic E-state index is 12.6. The monoisotopic (exact) mass is 187 g/mol. The fourth-order valence-electron chi connectivity index (χ4n) is 0.918. The van der Waals surface area contributed by atoms with Gasteiger partial charge >= 0.3 is 0 Å². The van der Waals surface area contributed by atoms with E-state index in [-0.39, 0.29) is 6.61 Å². The Morgan fingerprint density at radius 3 is 2.62 bits per heavy atom. The van der Waals surface area contributed by atoms with E-state index in [0.717, 1.165) is 12.1 Å². The molecule has 0 bridgehead atoms. The van der Waals surface area contributed by atoms with Crippen LogP contribution in [0.25, 0.3) is 0 Å². The van der Waals surface area contributed by atoms with Crippen molar-refractivity contribution >= 4 is 5.69 Å². The van der Waals surface area contributed by atoms with Gasteiger partial charge in [-0.15, -0.1) is 0 Å². The predicted octanol–water partition coefficient (Wildman–Crippen LogP) is 1.76. The maximum Gasteiger partial charge on any atom is 0.160 e. The topological polar surface area (TPSA) is 32.3 Å². The molecule has 0 heterocycles. The van der Waals surface area contributed by atoms with Crippen LogP contribution in [0.5, 0.6) is 0 Å². The Hall–Kier alpha value is -1.16. The second-order valence-corrected chi connectivity index (χ2v) is 2.63. The van der Waals surface area contributed by atoms with Crippen molar-refractivity contribution < 1.29 is 13.9 Å². The van der Waals surface area contributed by atoms with Gasteiger partial charge in [0.1, 0.15) is 0 Å². The van der Waals surface area contributed by atoms with Gasteiger partial charge in [0.2, 0.25) is 0 Å². The van der Waals surface area contributed by atoms with Crippen molar-refractivity contribution in [3.8, 4) is 0 Å². The predicted molar refractivity (Wildman–Crippen MR) is 46.6 cm³/mol. The summed E-state index contributed by atoms with van der Waals surface area (Å²) in [6.07, 6.45) is 0.582. The van der Waals surface area contributed by atoms with E-state index < -0.39 is 11.6 Å². The standard InChI is InChI=1S/C9H11F2NO/c10-8-3-2-7(6-9(8)11)12-4-1-5-13/h2-3,6,12-13H,1,4-5H2. The summed E-state index contributed by atoms with van der Waals surface area (Å²) < 4.78 is 25.1. The second-order valence-electron chi connectivity index (χ2n) is 2.63. The van der Waals surface area contributed by atoms with Gasteiger partial charge < -0.3 is 10.4 Å². The van der Waals surface area contributed by atoms with E-state index in [1.165, 1.54) is 6.07 Å². The fourth-order valence-corrected chi connectivity index (χ4v) is 0.918. The molecule has 0 fully saturated rings. The van der Waals surface area contributed by atoms with Gasteiger partial charge in [-0.2, -0.15) is 0 Å². The molecular weight excluding hydrogens is 176 g/mol. The lowest BCUT2D eigenvalue weighted by Crippen LogP contribution is -2.03. The SMILES string of the molecule is OCCCNc1ccc(F)c(F)c1. The molecule has 13 heavy (non-hydrogen) atoms. The van der Waals surface area contributed by atoms with Gasteiger partial charge in [0.25, 0.3) is 0 Å². The summed E-state index contributed by atoms with van der Waals surface area (Å²) in [7, 11) is 0. The van der Waals surface area contributed by atoms with Crippen LogP contribution in [-0.4, -0.2) is 18.3 Å². The van der Waals surface area contributed by atoms with E-state index in [2.05, 4.69) is 5.32 Å². The number of aliphatic hydroxyl groups is 1. The van der Waals surface area contributed by atoms with Crippen LogP contribution in [0, 0.1) is 11.6 Å². The Morgan fingerprint density at radius 2 is 2.00 bits per heavy atom. The van der Waals surface area contributed by atoms with Crippen molar-refractivity contribution in [2.45, 2.75) is 6.42 Å². The van der Waals surface area contributed by atoms with Crippen molar-refractivity contribution in [3.05, 3.63) is 29.8 Å². The van der Waals surface area contributed by atoms with E-state index in [1.54, 1.807) is 0 Å². The molecule has 0 spiro atoms. The minimum atomic E-state index is -0.867. The molecule has 1 aromatic carbocycles. The molecule has 0 aliphatic rings. The van der Waals surface area contributed by atoms with Gasteiger partial charge in [0.05, 0.1) is 0 Å². The van der Waals surface area contributed by atoms with E-state index >= 15 is 0 Å². The number of hydrogen-bond acceptors (Lipinski definition) is 2. The molecule has 4 heteroatoms. The highest BCUT2D eigenvalue weighted by Crippen LogP contribution is 2.12. The maximum absolute atomic E-state index is 12.6. The largest absolute Gasteiger partial charge is 0.396 e. The first-order chi connectivity index (χ1) is 6.24. The summed E-state index contributed by atoms with van der Waals surface area (Å²) >= 11 is 0. The van der Waals surface area contributed by atoms with Crippen molar-refractivity contribution in [1.29, 1.82) is 0 Å². The van der Waals surface area contributed by atoms with Crippen molar-refractivity contribution in [2.24, 2.45) is 0 Å². The normalized spacial score (nSPS) is 10.1. The third-order valence-corrected chi connectivity index (χ3v) is 1.58. The van der Waals surface area contributed by atoms with Gasteiger partial charge in [-0.1, -0.05) is 0 Å². The third kappa shape index (κ3) is 2.99. The molecule has 0 unspecified atom stereocenters. The van der Waals surface area contributed by atoms with Crippen LogP contribution >= 0.6 is 0 Å². The van der Waals surface area contributed by atoms with Crippen molar-refractivity contribution in [3.63, 3.8) is 0 Å². The van der Waals surface area contributed by atoms with Gasteiger partial charge in [-0.25, -0.2) is 8.78 Å². The lowest BCUT2D eigenvalue weighted by Gasteiger charge is -2.04. The molecule has 2 N–H and O–H groups in total. The van der Waals surface area contributed by atoms with E-state index in [1.807, 2.05) is 0 Å². The summed E-state index contributed by atoms with van der Waals surface area (Å²) in [5, 5.41) is 11.3. The van der Waals surface area contributed by atoms with E-state index in [0.29, 0.717) is 18.7 Å². The average Bonchev–Trinajstić information content (AvgIpc) is 2.12. The fraction of sp³-hybridized carbons (Fsp3) is 0.333. The van der Waals surface area contributed by atoms with Crippen LogP contribution in [0.15, 0.2) is 18.2 Å². The molecule has 0 aliphatic carbocycles. The number of nitrogens with one attached hydrogen (secondary N) is 1. The first-order valence-electron chi connectivity index (χ1n) is 4.04. The molecule has 0 saturated heterocycles. The van der Waals surface area contributed by atoms with Gasteiger partial charge in [0.15, 0.2) is 11.6 Å². The van der Waals surface area contributed by atoms with E-state index in [9.17, 15) is 8.78 Å². The number of anilines is 1. The number of halogens is 2. The van der Waals surface area contributed by atoms with Crippen LogP contribution < -0.4 is 5.32 Å². The summed E-state index contributed by atoms with van der Waals surface area (Å²) in [6.45, 7) is 0.623. The summed E-state index contributed by atoms with van der Waals surface area (Å²) in [6, 6.07) is 3.61. The minimum Gasteiger partial charge on any atom is -0.396 e. The Kier molecular flexibility index (Phi) is 3.64. The molecule has 72 valence electrons. The van der Waals surface area contributed by atoms with Crippen LogP contribution in [0.1, 0.15) is 6.42 Å². The summed E-state index contributed by atoms with van der Waals surface area (Å²) in [4.78, 5) is 0. The van der Waals surface area contributed by atoms with Crippen LogP contribution in [0.2, 0.25) is 0 Å². The zero-order valence-electron chi connectivity index (χ0n) is 7.06. The smallest absolute Gasteiger partial charge is 0.160 e. The molecule has 0 atom stereocenters. The Bertz CT molecular complexity index is 278. The highest BCUT2D eigenvalue weighted by atomic mass is 19.2. The van der Waals surface area contributed by atoms with Crippen LogP contribution in [-0.2, 0) is 0 Å². The quantitative estimate of drug-likeness (QED) is 0.704. The molecule has 0 amide bonds. The number of rotatable bonds is 4.